The first-order valence-electron chi connectivity index (χ1n) is 5.31. The molecule has 0 heterocycles. The van der Waals surface area contributed by atoms with Crippen LogP contribution in [0.2, 0.25) is 0 Å². The third kappa shape index (κ3) is 3.69. The summed E-state index contributed by atoms with van der Waals surface area (Å²) in [7, 11) is 0. The molecule has 19 heteroatoms. The van der Waals surface area contributed by atoms with Crippen molar-refractivity contribution in [3.8, 4) is 0 Å². The minimum absolute atomic E-state index is 1.06. The Morgan fingerprint density at radius 2 is 0.370 bits per heavy atom. The van der Waals surface area contributed by atoms with Crippen molar-refractivity contribution >= 4 is 0 Å². The summed E-state index contributed by atoms with van der Waals surface area (Å²) >= 11 is 0. The lowest BCUT2D eigenvalue weighted by Gasteiger charge is -2.46. The van der Waals surface area contributed by atoms with Gasteiger partial charge in [-0.25, -0.2) is 0 Å². The molecule has 0 atom stereocenters. The van der Waals surface area contributed by atoms with Gasteiger partial charge in [0.2, 0.25) is 0 Å². The van der Waals surface area contributed by atoms with Gasteiger partial charge in [-0.05, 0) is 0 Å². The predicted octanol–water partition coefficient (Wildman–Crippen LogP) is 5.85. The topological polar surface area (TPSA) is 9.23 Å². The summed E-state index contributed by atoms with van der Waals surface area (Å²) in [6.45, 7) is 0. The zero-order valence-corrected chi connectivity index (χ0v) is 11.2. The quantitative estimate of drug-likeness (QED) is 0.476. The van der Waals surface area contributed by atoms with Crippen LogP contribution in [0.25, 0.3) is 0 Å². The number of hydrogen-bond donors (Lipinski definition) is 0. The first-order chi connectivity index (χ1) is 11.2. The average Bonchev–Trinajstić information content (AvgIpc) is 2.16. The van der Waals surface area contributed by atoms with E-state index < -0.39 is 48.3 Å². The number of halogens is 18. The smallest absolute Gasteiger partial charge is 0.320 e. The van der Waals surface area contributed by atoms with E-state index in [1.165, 1.54) is 0 Å². The van der Waals surface area contributed by atoms with Crippen LogP contribution in [0, 0.1) is 0 Å². The Morgan fingerprint density at radius 1 is 0.259 bits per heavy atom. The molecule has 0 fully saturated rings. The molecule has 0 saturated heterocycles. The zero-order chi connectivity index (χ0) is 22.7. The third-order valence-corrected chi connectivity index (χ3v) is 2.70. The van der Waals surface area contributed by atoms with E-state index in [2.05, 4.69) is 0 Å². The molecule has 27 heavy (non-hydrogen) atoms. The van der Waals surface area contributed by atoms with Gasteiger partial charge >= 0.3 is 48.3 Å². The molecule has 0 spiro atoms. The van der Waals surface area contributed by atoms with Gasteiger partial charge in [-0.15, -0.1) is 0 Å². The molecule has 0 aliphatic rings. The summed E-state index contributed by atoms with van der Waals surface area (Å²) in [5.74, 6) is 0. The highest BCUT2D eigenvalue weighted by molar-refractivity contribution is 5.11. The Kier molecular flexibility index (Phi) is 5.80. The molecule has 0 bridgehead atoms. The van der Waals surface area contributed by atoms with Crippen molar-refractivity contribution in [3.05, 3.63) is 0 Å². The van der Waals surface area contributed by atoms with Crippen LogP contribution in [0.15, 0.2) is 0 Å². The Labute approximate surface area is 133 Å². The SMILES string of the molecule is FC(F)(F)C(OC(C(F)(F)F)(C(F)(F)F)C(F)(F)F)(C(F)(F)F)C(F)(F)F. The number of alkyl halides is 18. The second kappa shape index (κ2) is 6.10. The molecule has 0 saturated carbocycles. The minimum atomic E-state index is -8.49. The molecule has 0 amide bonds. The first kappa shape index (κ1) is 25.7. The fourth-order valence-electron chi connectivity index (χ4n) is 1.54. The molecule has 0 aliphatic carbocycles. The maximum Gasteiger partial charge on any atom is 0.435 e. The lowest BCUT2D eigenvalue weighted by Crippen LogP contribution is -2.78. The third-order valence-electron chi connectivity index (χ3n) is 2.70. The van der Waals surface area contributed by atoms with E-state index in [4.69, 9.17) is 0 Å². The van der Waals surface area contributed by atoms with Crippen molar-refractivity contribution in [3.63, 3.8) is 0 Å². The van der Waals surface area contributed by atoms with Gasteiger partial charge in [0.1, 0.15) is 0 Å². The molecule has 0 radical (unpaired) electrons. The van der Waals surface area contributed by atoms with E-state index >= 15 is 0 Å². The van der Waals surface area contributed by atoms with Crippen LogP contribution in [0.1, 0.15) is 0 Å². The largest absolute Gasteiger partial charge is 0.435 e. The number of hydrogen-bond acceptors (Lipinski definition) is 1. The second-order valence-electron chi connectivity index (χ2n) is 4.45. The van der Waals surface area contributed by atoms with E-state index in [1.807, 2.05) is 0 Å². The van der Waals surface area contributed by atoms with Gasteiger partial charge < -0.3 is 4.74 Å². The standard InChI is InChI=1S/C8F18O/c9-3(10,11)1(4(12,13)14,5(15,16)17)27-2(6(18,19)20,7(21,22)23)8(24,25)26. The Bertz CT molecular complexity index is 398. The Balaban J connectivity index is 7.45. The fourth-order valence-corrected chi connectivity index (χ4v) is 1.54. The van der Waals surface area contributed by atoms with Gasteiger partial charge in [-0.3, -0.25) is 0 Å². The van der Waals surface area contributed by atoms with Crippen LogP contribution in [0.4, 0.5) is 79.0 Å². The van der Waals surface area contributed by atoms with Gasteiger partial charge in [-0.2, -0.15) is 79.0 Å². The summed E-state index contributed by atoms with van der Waals surface area (Å²) in [6, 6.07) is 0. The fraction of sp³-hybridized carbons (Fsp3) is 1.00. The highest BCUT2D eigenvalue weighted by Gasteiger charge is 2.95. The summed E-state index contributed by atoms with van der Waals surface area (Å²) < 4.78 is 224. The maximum atomic E-state index is 12.4. The minimum Gasteiger partial charge on any atom is -0.320 e. The summed E-state index contributed by atoms with van der Waals surface area (Å²) in [4.78, 5) is 0. The summed E-state index contributed by atoms with van der Waals surface area (Å²) in [5.41, 5.74) is -17.0. The van der Waals surface area contributed by atoms with E-state index in [0.29, 0.717) is 0 Å². The van der Waals surface area contributed by atoms with Crippen LogP contribution >= 0.6 is 0 Å². The predicted molar refractivity (Wildman–Crippen MR) is 42.9 cm³/mol. The van der Waals surface area contributed by atoms with E-state index in [-0.39, 0.29) is 0 Å². The second-order valence-corrected chi connectivity index (χ2v) is 4.45. The lowest BCUT2D eigenvalue weighted by molar-refractivity contribution is -0.543. The monoisotopic (exact) mass is 454 g/mol. The highest BCUT2D eigenvalue weighted by atomic mass is 19.4. The molecule has 0 N–H and O–H groups in total. The molecule has 164 valence electrons. The maximum absolute atomic E-state index is 12.4. The van der Waals surface area contributed by atoms with E-state index in [9.17, 15) is 79.0 Å². The van der Waals surface area contributed by atoms with Crippen molar-refractivity contribution in [2.45, 2.75) is 48.3 Å². The van der Waals surface area contributed by atoms with Gasteiger partial charge in [0.05, 0.1) is 0 Å². The van der Waals surface area contributed by atoms with Gasteiger partial charge in [-0.1, -0.05) is 0 Å². The first-order valence-corrected chi connectivity index (χ1v) is 5.31. The highest BCUT2D eigenvalue weighted by Crippen LogP contribution is 2.63. The zero-order valence-electron chi connectivity index (χ0n) is 11.2. The molecule has 0 aromatic heterocycles. The molecule has 0 aromatic carbocycles. The summed E-state index contributed by atoms with van der Waals surface area (Å²) in [5, 5.41) is 0. The van der Waals surface area contributed by atoms with E-state index in [1.54, 1.807) is 0 Å². The number of ether oxygens (including phenoxy) is 1. The Hall–Kier alpha value is -1.30. The molecule has 1 nitrogen and oxygen atoms in total. The van der Waals surface area contributed by atoms with Crippen LogP contribution < -0.4 is 0 Å². The van der Waals surface area contributed by atoms with Gasteiger partial charge in [0, 0.05) is 0 Å². The normalized spacial score (nSPS) is 16.7. The van der Waals surface area contributed by atoms with E-state index in [0.717, 1.165) is 4.74 Å². The van der Waals surface area contributed by atoms with Gasteiger partial charge in [0.25, 0.3) is 0 Å². The van der Waals surface area contributed by atoms with Crippen molar-refractivity contribution in [2.24, 2.45) is 0 Å². The van der Waals surface area contributed by atoms with Gasteiger partial charge in [0.15, 0.2) is 0 Å². The van der Waals surface area contributed by atoms with Crippen molar-refractivity contribution in [1.29, 1.82) is 0 Å². The van der Waals surface area contributed by atoms with Crippen molar-refractivity contribution < 1.29 is 83.8 Å². The molecule has 0 aliphatic heterocycles. The van der Waals surface area contributed by atoms with Crippen molar-refractivity contribution in [1.82, 2.24) is 0 Å². The summed E-state index contributed by atoms with van der Waals surface area (Å²) in [6.07, 6.45) is -49.7. The lowest BCUT2D eigenvalue weighted by atomic mass is 9.95. The Morgan fingerprint density at radius 3 is 0.444 bits per heavy atom. The molecule has 0 unspecified atom stereocenters. The molecule has 0 aromatic rings. The van der Waals surface area contributed by atoms with Crippen LogP contribution in [0.5, 0.6) is 0 Å². The molecule has 0 rings (SSSR count). The number of rotatable bonds is 2. The van der Waals surface area contributed by atoms with Crippen molar-refractivity contribution in [2.75, 3.05) is 0 Å². The molecular formula is C8F18O. The van der Waals surface area contributed by atoms with Crippen LogP contribution in [-0.2, 0) is 4.74 Å². The van der Waals surface area contributed by atoms with Crippen LogP contribution in [-0.4, -0.2) is 48.3 Å². The van der Waals surface area contributed by atoms with Crippen LogP contribution in [0.3, 0.4) is 0 Å². The molecular weight excluding hydrogens is 454 g/mol. The average molecular weight is 454 g/mol.